The van der Waals surface area contributed by atoms with Crippen molar-refractivity contribution in [2.45, 2.75) is 12.8 Å². The molecule has 0 spiro atoms. The lowest BCUT2D eigenvalue weighted by atomic mass is 9.89. The number of rotatable bonds is 4. The minimum Gasteiger partial charge on any atom is -0.338 e. The molecule has 1 saturated heterocycles. The van der Waals surface area contributed by atoms with E-state index < -0.39 is 0 Å². The van der Waals surface area contributed by atoms with Gasteiger partial charge in [0.25, 0.3) is 5.91 Å². The molecule has 4 aromatic rings. The smallest absolute Gasteiger partial charge is 0.259 e. The van der Waals surface area contributed by atoms with Gasteiger partial charge in [0.1, 0.15) is 5.56 Å². The molecule has 1 aliphatic rings. The molecule has 3 heterocycles. The molecule has 0 radical (unpaired) electrons. The number of amides is 1. The summed E-state index contributed by atoms with van der Waals surface area (Å²) >= 11 is 0. The van der Waals surface area contributed by atoms with Crippen molar-refractivity contribution in [2.75, 3.05) is 13.1 Å². The first-order valence-corrected chi connectivity index (χ1v) is 10.5. The molecule has 1 amide bonds. The topological polar surface area (TPSA) is 67.6 Å². The quantitative estimate of drug-likeness (QED) is 0.475. The number of nitrogens with zero attached hydrogens (tertiary/aromatic N) is 4. The molecule has 1 unspecified atom stereocenters. The second-order valence-electron chi connectivity index (χ2n) is 7.84. The second-order valence-corrected chi connectivity index (χ2v) is 7.84. The van der Waals surface area contributed by atoms with Gasteiger partial charge in [-0.05, 0) is 30.0 Å². The van der Waals surface area contributed by atoms with E-state index in [9.17, 15) is 9.59 Å². The summed E-state index contributed by atoms with van der Waals surface area (Å²) in [5, 5.41) is 4.21. The van der Waals surface area contributed by atoms with Gasteiger partial charge in [-0.3, -0.25) is 9.59 Å². The van der Waals surface area contributed by atoms with E-state index in [0.29, 0.717) is 29.9 Å². The number of carbonyl (C=O) groups excluding carboxylic acids is 2. The van der Waals surface area contributed by atoms with Crippen LogP contribution in [-0.2, 0) is 0 Å². The predicted molar refractivity (Wildman–Crippen MR) is 118 cm³/mol. The van der Waals surface area contributed by atoms with Gasteiger partial charge in [-0.2, -0.15) is 5.10 Å². The number of piperidine rings is 1. The molecule has 0 aliphatic carbocycles. The first-order valence-electron chi connectivity index (χ1n) is 10.5. The molecule has 2 aromatic carbocycles. The number of aromatic nitrogens is 3. The number of benzene rings is 2. The largest absolute Gasteiger partial charge is 0.338 e. The Balaban J connectivity index is 1.32. The standard InChI is InChI=1S/C25H22N4O2/c30-23(20-11-9-19(10-12-20)18-6-2-1-3-7-18)21-8-4-14-28(17-21)25(31)22-16-27-29-15-5-13-26-24(22)29/h1-3,5-7,9-13,15-16,21H,4,8,14,17H2. The third-order valence-electron chi connectivity index (χ3n) is 5.87. The van der Waals surface area contributed by atoms with Crippen LogP contribution >= 0.6 is 0 Å². The summed E-state index contributed by atoms with van der Waals surface area (Å²) in [6.07, 6.45) is 6.56. The number of likely N-dealkylation sites (tertiary alicyclic amines) is 1. The number of fused-ring (bicyclic) bond motifs is 1. The van der Waals surface area contributed by atoms with Crippen LogP contribution in [0.5, 0.6) is 0 Å². The molecule has 1 atom stereocenters. The van der Waals surface area contributed by atoms with Crippen molar-refractivity contribution in [3.8, 4) is 11.1 Å². The molecule has 6 heteroatoms. The van der Waals surface area contributed by atoms with Crippen LogP contribution in [0.15, 0.2) is 79.3 Å². The van der Waals surface area contributed by atoms with Crippen molar-refractivity contribution in [3.63, 3.8) is 0 Å². The highest BCUT2D eigenvalue weighted by atomic mass is 16.2. The van der Waals surface area contributed by atoms with E-state index in [2.05, 4.69) is 22.2 Å². The average Bonchev–Trinajstić information content (AvgIpc) is 3.28. The number of carbonyl (C=O) groups is 2. The maximum atomic E-state index is 13.1. The summed E-state index contributed by atoms with van der Waals surface area (Å²) in [6.45, 7) is 1.06. The van der Waals surface area contributed by atoms with Gasteiger partial charge in [-0.25, -0.2) is 9.50 Å². The van der Waals surface area contributed by atoms with Crippen LogP contribution in [0.3, 0.4) is 0 Å². The summed E-state index contributed by atoms with van der Waals surface area (Å²) in [7, 11) is 0. The molecule has 31 heavy (non-hydrogen) atoms. The predicted octanol–water partition coefficient (Wildman–Crippen LogP) is 4.13. The Morgan fingerprint density at radius 3 is 2.52 bits per heavy atom. The normalized spacial score (nSPS) is 16.4. The lowest BCUT2D eigenvalue weighted by Crippen LogP contribution is -2.42. The Kier molecular flexibility index (Phi) is 5.04. The van der Waals surface area contributed by atoms with Gasteiger partial charge in [0.2, 0.25) is 0 Å². The molecule has 0 saturated carbocycles. The van der Waals surface area contributed by atoms with Crippen molar-refractivity contribution in [1.29, 1.82) is 0 Å². The Morgan fingerprint density at radius 1 is 0.935 bits per heavy atom. The molecule has 5 rings (SSSR count). The van der Waals surface area contributed by atoms with Crippen molar-refractivity contribution >= 4 is 17.3 Å². The Morgan fingerprint density at radius 2 is 1.71 bits per heavy atom. The highest BCUT2D eigenvalue weighted by Gasteiger charge is 2.30. The fourth-order valence-corrected chi connectivity index (χ4v) is 4.22. The number of ketones is 1. The Labute approximate surface area is 180 Å². The summed E-state index contributed by atoms with van der Waals surface area (Å²) < 4.78 is 1.59. The molecule has 0 bridgehead atoms. The van der Waals surface area contributed by atoms with Crippen LogP contribution in [-0.4, -0.2) is 44.3 Å². The minimum absolute atomic E-state index is 0.0927. The first-order chi connectivity index (χ1) is 15.2. The lowest BCUT2D eigenvalue weighted by molar-refractivity contribution is 0.0638. The maximum absolute atomic E-state index is 13.1. The third kappa shape index (κ3) is 3.72. The fraction of sp³-hybridized carbons (Fsp3) is 0.200. The lowest BCUT2D eigenvalue weighted by Gasteiger charge is -2.31. The number of hydrogen-bond donors (Lipinski definition) is 0. The van der Waals surface area contributed by atoms with Crippen LogP contribution in [0, 0.1) is 5.92 Å². The van der Waals surface area contributed by atoms with E-state index in [0.717, 1.165) is 24.0 Å². The zero-order valence-electron chi connectivity index (χ0n) is 17.0. The minimum atomic E-state index is -0.199. The van der Waals surface area contributed by atoms with Crippen LogP contribution in [0.25, 0.3) is 16.8 Å². The van der Waals surface area contributed by atoms with Gasteiger partial charge in [0.05, 0.1) is 6.20 Å². The molecule has 1 fully saturated rings. The van der Waals surface area contributed by atoms with Gasteiger partial charge in [-0.15, -0.1) is 0 Å². The summed E-state index contributed by atoms with van der Waals surface area (Å²) in [6, 6.07) is 19.6. The molecule has 6 nitrogen and oxygen atoms in total. The second kappa shape index (κ2) is 8.14. The highest BCUT2D eigenvalue weighted by Crippen LogP contribution is 2.25. The van der Waals surface area contributed by atoms with Gasteiger partial charge >= 0.3 is 0 Å². The van der Waals surface area contributed by atoms with Crippen molar-refractivity contribution < 1.29 is 9.59 Å². The third-order valence-corrected chi connectivity index (χ3v) is 5.87. The van der Waals surface area contributed by atoms with Gasteiger partial charge in [0.15, 0.2) is 11.4 Å². The van der Waals surface area contributed by atoms with Gasteiger partial charge in [0, 0.05) is 37.0 Å². The zero-order chi connectivity index (χ0) is 21.2. The molecule has 1 aliphatic heterocycles. The van der Waals surface area contributed by atoms with Crippen molar-refractivity contribution in [3.05, 3.63) is 90.4 Å². The molecule has 154 valence electrons. The number of hydrogen-bond acceptors (Lipinski definition) is 4. The number of Topliss-reactive ketones (excluding diaryl/α,β-unsaturated/α-hetero) is 1. The van der Waals surface area contributed by atoms with Crippen molar-refractivity contribution in [2.24, 2.45) is 5.92 Å². The zero-order valence-corrected chi connectivity index (χ0v) is 17.0. The highest BCUT2D eigenvalue weighted by molar-refractivity contribution is 6.01. The van der Waals surface area contributed by atoms with Crippen LogP contribution in [0.4, 0.5) is 0 Å². The Bertz CT molecular complexity index is 1230. The molecule has 2 aromatic heterocycles. The van der Waals surface area contributed by atoms with E-state index in [-0.39, 0.29) is 17.6 Å². The maximum Gasteiger partial charge on any atom is 0.259 e. The van der Waals surface area contributed by atoms with Crippen molar-refractivity contribution in [1.82, 2.24) is 19.5 Å². The van der Waals surface area contributed by atoms with Crippen LogP contribution < -0.4 is 0 Å². The average molecular weight is 410 g/mol. The van der Waals surface area contributed by atoms with E-state index in [4.69, 9.17) is 0 Å². The van der Waals surface area contributed by atoms with Gasteiger partial charge in [-0.1, -0.05) is 54.6 Å². The van der Waals surface area contributed by atoms with E-state index in [1.807, 2.05) is 42.5 Å². The van der Waals surface area contributed by atoms with E-state index >= 15 is 0 Å². The fourth-order valence-electron chi connectivity index (χ4n) is 4.22. The Hall–Kier alpha value is -3.80. The van der Waals surface area contributed by atoms with Crippen LogP contribution in [0.1, 0.15) is 33.6 Å². The monoisotopic (exact) mass is 410 g/mol. The first kappa shape index (κ1) is 19.2. The summed E-state index contributed by atoms with van der Waals surface area (Å²) in [5.41, 5.74) is 3.91. The van der Waals surface area contributed by atoms with Crippen LogP contribution in [0.2, 0.25) is 0 Å². The molecular weight excluding hydrogens is 388 g/mol. The summed E-state index contributed by atoms with van der Waals surface area (Å²) in [4.78, 5) is 32.3. The SMILES string of the molecule is O=C(c1ccc(-c2ccccc2)cc1)C1CCCN(C(=O)c2cnn3cccnc23)C1. The van der Waals surface area contributed by atoms with E-state index in [1.165, 1.54) is 0 Å². The molecule has 0 N–H and O–H groups in total. The van der Waals surface area contributed by atoms with Gasteiger partial charge < -0.3 is 4.90 Å². The van der Waals surface area contributed by atoms with E-state index in [1.54, 1.807) is 34.1 Å². The summed E-state index contributed by atoms with van der Waals surface area (Å²) in [5.74, 6) is -0.226. The molecular formula is C25H22N4O2.